The number of nitrogens with zero attached hydrogens (tertiary/aromatic N) is 2. The topological polar surface area (TPSA) is 41.6 Å². The lowest BCUT2D eigenvalue weighted by Gasteiger charge is -2.29. The van der Waals surface area contributed by atoms with Gasteiger partial charge in [0.2, 0.25) is 0 Å². The Bertz CT molecular complexity index is 367. The van der Waals surface area contributed by atoms with Gasteiger partial charge in [-0.25, -0.2) is 0 Å². The van der Waals surface area contributed by atoms with Gasteiger partial charge in [-0.2, -0.15) is 0 Å². The molecule has 0 aliphatic carbocycles. The summed E-state index contributed by atoms with van der Waals surface area (Å²) < 4.78 is 0. The van der Waals surface area contributed by atoms with Gasteiger partial charge in [-0.15, -0.1) is 0 Å². The Balaban J connectivity index is 2.29. The number of aliphatic imine (C=N–C) groups is 1. The van der Waals surface area contributed by atoms with Crippen LogP contribution < -0.4 is 5.73 Å². The van der Waals surface area contributed by atoms with Crippen LogP contribution in [0.4, 0.5) is 0 Å². The van der Waals surface area contributed by atoms with Gasteiger partial charge >= 0.3 is 0 Å². The molecule has 0 spiro atoms. The molecule has 1 heterocycles. The van der Waals surface area contributed by atoms with Crippen LogP contribution in [0.2, 0.25) is 0 Å². The molecule has 1 aromatic carbocycles. The quantitative estimate of drug-likeness (QED) is 0.724. The first-order chi connectivity index (χ1) is 6.79. The molecule has 2 rings (SSSR count). The number of nitrogens with two attached hydrogens (primary N) is 1. The average Bonchev–Trinajstić information content (AvgIpc) is 2.23. The molecule has 0 saturated carbocycles. The number of hydrogen-bond donors (Lipinski definition) is 1. The van der Waals surface area contributed by atoms with Crippen LogP contribution in [0.5, 0.6) is 0 Å². The van der Waals surface area contributed by atoms with Crippen molar-refractivity contribution < 1.29 is 0 Å². The fourth-order valence-electron chi connectivity index (χ4n) is 1.49. The molecule has 1 aliphatic rings. The van der Waals surface area contributed by atoms with E-state index in [1.807, 2.05) is 30.1 Å². The van der Waals surface area contributed by atoms with Crippen molar-refractivity contribution in [3.05, 3.63) is 47.8 Å². The minimum atomic E-state index is 0.0150. The summed E-state index contributed by atoms with van der Waals surface area (Å²) in [7, 11) is 1.94. The van der Waals surface area contributed by atoms with E-state index in [4.69, 9.17) is 5.73 Å². The first kappa shape index (κ1) is 8.81. The van der Waals surface area contributed by atoms with Crippen molar-refractivity contribution in [1.82, 2.24) is 4.90 Å². The third-order valence-electron chi connectivity index (χ3n) is 2.34. The number of benzene rings is 1. The highest BCUT2D eigenvalue weighted by Gasteiger charge is 2.17. The first-order valence-electron chi connectivity index (χ1n) is 4.56. The minimum absolute atomic E-state index is 0.0150. The zero-order chi connectivity index (χ0) is 9.97. The monoisotopic (exact) mass is 187 g/mol. The zero-order valence-electron chi connectivity index (χ0n) is 8.09. The molecule has 0 bridgehead atoms. The summed E-state index contributed by atoms with van der Waals surface area (Å²) in [5.74, 6) is 0.744. The summed E-state index contributed by atoms with van der Waals surface area (Å²) >= 11 is 0. The van der Waals surface area contributed by atoms with Crippen molar-refractivity contribution in [2.75, 3.05) is 7.05 Å². The second-order valence-electron chi connectivity index (χ2n) is 3.28. The molecule has 72 valence electrons. The van der Waals surface area contributed by atoms with Crippen LogP contribution >= 0.6 is 0 Å². The van der Waals surface area contributed by atoms with E-state index in [0.717, 1.165) is 11.4 Å². The van der Waals surface area contributed by atoms with Gasteiger partial charge in [-0.3, -0.25) is 4.99 Å². The van der Waals surface area contributed by atoms with E-state index in [1.54, 1.807) is 12.3 Å². The molecule has 14 heavy (non-hydrogen) atoms. The number of rotatable bonds is 1. The van der Waals surface area contributed by atoms with E-state index in [9.17, 15) is 0 Å². The van der Waals surface area contributed by atoms with E-state index in [-0.39, 0.29) is 6.17 Å². The van der Waals surface area contributed by atoms with Gasteiger partial charge in [0.05, 0.1) is 0 Å². The summed E-state index contributed by atoms with van der Waals surface area (Å²) in [5, 5.41) is 0. The highest BCUT2D eigenvalue weighted by molar-refractivity contribution is 5.73. The summed E-state index contributed by atoms with van der Waals surface area (Å²) in [6, 6.07) is 10.1. The van der Waals surface area contributed by atoms with Crippen molar-refractivity contribution in [2.45, 2.75) is 6.17 Å². The standard InChI is InChI=1S/C11H13N3/c1-14-10(12)7-8-13-11(14)9-5-3-2-4-6-9/h2-8,11H,12H2,1H3. The normalized spacial score (nSPS) is 20.8. The molecule has 0 saturated heterocycles. The lowest BCUT2D eigenvalue weighted by Crippen LogP contribution is -2.29. The first-order valence-corrected chi connectivity index (χ1v) is 4.56. The van der Waals surface area contributed by atoms with Gasteiger partial charge in [-0.1, -0.05) is 30.3 Å². The fraction of sp³-hybridized carbons (Fsp3) is 0.182. The van der Waals surface area contributed by atoms with E-state index in [1.165, 1.54) is 0 Å². The van der Waals surface area contributed by atoms with Crippen molar-refractivity contribution in [2.24, 2.45) is 10.7 Å². The van der Waals surface area contributed by atoms with Gasteiger partial charge in [-0.05, 0) is 11.6 Å². The Kier molecular flexibility index (Phi) is 2.23. The molecule has 0 fully saturated rings. The summed E-state index contributed by atoms with van der Waals surface area (Å²) in [6.07, 6.45) is 3.58. The van der Waals surface area contributed by atoms with Crippen molar-refractivity contribution in [3.63, 3.8) is 0 Å². The molecule has 1 aliphatic heterocycles. The second kappa shape index (κ2) is 3.54. The maximum absolute atomic E-state index is 5.80. The van der Waals surface area contributed by atoms with Gasteiger partial charge < -0.3 is 10.6 Å². The molecular formula is C11H13N3. The average molecular weight is 187 g/mol. The van der Waals surface area contributed by atoms with Crippen LogP contribution in [-0.4, -0.2) is 18.2 Å². The smallest absolute Gasteiger partial charge is 0.147 e. The van der Waals surface area contributed by atoms with E-state index >= 15 is 0 Å². The van der Waals surface area contributed by atoms with Crippen LogP contribution in [0.15, 0.2) is 47.2 Å². The predicted molar refractivity (Wildman–Crippen MR) is 57.7 cm³/mol. The van der Waals surface area contributed by atoms with E-state index in [2.05, 4.69) is 17.1 Å². The summed E-state index contributed by atoms with van der Waals surface area (Å²) in [4.78, 5) is 6.33. The van der Waals surface area contributed by atoms with Crippen molar-refractivity contribution >= 4 is 6.21 Å². The fourth-order valence-corrected chi connectivity index (χ4v) is 1.49. The molecular weight excluding hydrogens is 174 g/mol. The Hall–Kier alpha value is -1.77. The summed E-state index contributed by atoms with van der Waals surface area (Å²) in [5.41, 5.74) is 6.96. The van der Waals surface area contributed by atoms with Crippen LogP contribution in [-0.2, 0) is 0 Å². The Morgan fingerprint density at radius 3 is 2.71 bits per heavy atom. The molecule has 3 heteroatoms. The molecule has 1 unspecified atom stereocenters. The Labute approximate surface area is 83.6 Å². The highest BCUT2D eigenvalue weighted by atomic mass is 15.3. The van der Waals surface area contributed by atoms with Gasteiger partial charge in [0.25, 0.3) is 0 Å². The zero-order valence-corrected chi connectivity index (χ0v) is 8.09. The van der Waals surface area contributed by atoms with Crippen LogP contribution in [0.3, 0.4) is 0 Å². The highest BCUT2D eigenvalue weighted by Crippen LogP contribution is 2.23. The van der Waals surface area contributed by atoms with Gasteiger partial charge in [0.15, 0.2) is 0 Å². The van der Waals surface area contributed by atoms with E-state index < -0.39 is 0 Å². The van der Waals surface area contributed by atoms with Crippen molar-refractivity contribution in [3.8, 4) is 0 Å². The predicted octanol–water partition coefficient (Wildman–Crippen LogP) is 1.50. The van der Waals surface area contributed by atoms with Gasteiger partial charge in [0.1, 0.15) is 12.0 Å². The summed E-state index contributed by atoms with van der Waals surface area (Å²) in [6.45, 7) is 0. The number of allylic oxidation sites excluding steroid dienone is 1. The Morgan fingerprint density at radius 2 is 2.00 bits per heavy atom. The SMILES string of the molecule is CN1C(N)=CC=NC1c1ccccc1. The molecule has 0 aromatic heterocycles. The largest absolute Gasteiger partial charge is 0.385 e. The second-order valence-corrected chi connectivity index (χ2v) is 3.28. The molecule has 0 radical (unpaired) electrons. The Morgan fingerprint density at radius 1 is 1.29 bits per heavy atom. The molecule has 1 atom stereocenters. The number of hydrogen-bond acceptors (Lipinski definition) is 3. The maximum atomic E-state index is 5.80. The van der Waals surface area contributed by atoms with E-state index in [0.29, 0.717) is 0 Å². The molecule has 1 aromatic rings. The van der Waals surface area contributed by atoms with Crippen LogP contribution in [0.25, 0.3) is 0 Å². The van der Waals surface area contributed by atoms with Gasteiger partial charge in [0, 0.05) is 13.3 Å². The lowest BCUT2D eigenvalue weighted by molar-refractivity contribution is 0.312. The van der Waals surface area contributed by atoms with Crippen LogP contribution in [0.1, 0.15) is 11.7 Å². The third-order valence-corrected chi connectivity index (χ3v) is 2.34. The third kappa shape index (κ3) is 1.48. The molecule has 0 amide bonds. The van der Waals surface area contributed by atoms with Crippen LogP contribution in [0, 0.1) is 0 Å². The van der Waals surface area contributed by atoms with Crippen molar-refractivity contribution in [1.29, 1.82) is 0 Å². The lowest BCUT2D eigenvalue weighted by atomic mass is 10.1. The molecule has 3 nitrogen and oxygen atoms in total. The molecule has 2 N–H and O–H groups in total. The maximum Gasteiger partial charge on any atom is 0.147 e. The minimum Gasteiger partial charge on any atom is -0.385 e.